The molecule has 1 aliphatic heterocycles. The molecule has 0 spiro atoms. The molecule has 70 valence electrons. The fourth-order valence-electron chi connectivity index (χ4n) is 1.44. The molecular weight excluding hydrogens is 152 g/mol. The molecule has 0 radical (unpaired) electrons. The Labute approximate surface area is 74.5 Å². The first kappa shape index (κ1) is 9.52. The van der Waals surface area contributed by atoms with Crippen LogP contribution >= 0.6 is 0 Å². The van der Waals surface area contributed by atoms with Crippen molar-refractivity contribution in [2.75, 3.05) is 20.1 Å². The van der Waals surface area contributed by atoms with Crippen LogP contribution in [0.1, 0.15) is 33.1 Å². The third-order valence-electron chi connectivity index (χ3n) is 2.18. The third kappa shape index (κ3) is 2.81. The summed E-state index contributed by atoms with van der Waals surface area (Å²) in [6, 6.07) is 0. The number of hydrogen-bond acceptors (Lipinski definition) is 2. The molecule has 1 aliphatic rings. The average molecular weight is 171 g/mol. The Kier molecular flexibility index (Phi) is 3.09. The summed E-state index contributed by atoms with van der Waals surface area (Å²) in [7, 11) is 2.10. The first-order valence-electron chi connectivity index (χ1n) is 4.67. The molecule has 0 N–H and O–H groups in total. The molecule has 0 aromatic heterocycles. The van der Waals surface area contributed by atoms with Gasteiger partial charge in [0.1, 0.15) is 20.1 Å². The van der Waals surface area contributed by atoms with E-state index in [9.17, 15) is 0 Å². The molecule has 0 aliphatic carbocycles. The summed E-state index contributed by atoms with van der Waals surface area (Å²) in [5.74, 6) is 0. The van der Waals surface area contributed by atoms with E-state index in [0.717, 1.165) is 18.8 Å². The van der Waals surface area contributed by atoms with Crippen LogP contribution in [-0.4, -0.2) is 30.5 Å². The summed E-state index contributed by atoms with van der Waals surface area (Å²) < 4.78 is 0.658. The van der Waals surface area contributed by atoms with Gasteiger partial charge in [0.25, 0.3) is 0 Å². The number of rotatable bonds is 2. The Morgan fingerprint density at radius 2 is 1.75 bits per heavy atom. The number of hydroxylamine groups is 3. The Bertz CT molecular complexity index is 167. The van der Waals surface area contributed by atoms with Crippen LogP contribution in [0.3, 0.4) is 0 Å². The molecule has 0 unspecified atom stereocenters. The summed E-state index contributed by atoms with van der Waals surface area (Å²) in [6.45, 7) is 6.10. The van der Waals surface area contributed by atoms with Crippen molar-refractivity contribution >= 4 is 5.71 Å². The van der Waals surface area contributed by atoms with E-state index in [0.29, 0.717) is 4.65 Å². The molecule has 3 heteroatoms. The zero-order chi connectivity index (χ0) is 9.03. The van der Waals surface area contributed by atoms with Crippen molar-refractivity contribution in [2.24, 2.45) is 5.16 Å². The summed E-state index contributed by atoms with van der Waals surface area (Å²) in [6.07, 6.45) is 3.86. The highest BCUT2D eigenvalue weighted by Crippen LogP contribution is 2.16. The number of piperidine rings is 1. The lowest BCUT2D eigenvalue weighted by atomic mass is 10.1. The zero-order valence-electron chi connectivity index (χ0n) is 8.34. The normalized spacial score (nSPS) is 21.6. The first-order chi connectivity index (χ1) is 5.62. The number of nitrogens with zero attached hydrogens (tertiary/aromatic N) is 2. The zero-order valence-corrected chi connectivity index (χ0v) is 8.34. The van der Waals surface area contributed by atoms with Gasteiger partial charge < -0.3 is 0 Å². The van der Waals surface area contributed by atoms with Crippen LogP contribution in [0, 0.1) is 0 Å². The van der Waals surface area contributed by atoms with E-state index < -0.39 is 0 Å². The van der Waals surface area contributed by atoms with Crippen molar-refractivity contribution in [3.8, 4) is 0 Å². The molecule has 12 heavy (non-hydrogen) atoms. The summed E-state index contributed by atoms with van der Waals surface area (Å²) >= 11 is 0. The maximum absolute atomic E-state index is 5.46. The second kappa shape index (κ2) is 3.90. The Hall–Kier alpha value is -0.570. The van der Waals surface area contributed by atoms with Gasteiger partial charge in [-0.15, -0.1) is 4.65 Å². The molecule has 1 rings (SSSR count). The van der Waals surface area contributed by atoms with E-state index in [2.05, 4.69) is 12.2 Å². The highest BCUT2D eigenvalue weighted by molar-refractivity contribution is 5.78. The van der Waals surface area contributed by atoms with Crippen LogP contribution in [0.5, 0.6) is 0 Å². The van der Waals surface area contributed by atoms with Gasteiger partial charge in [0.2, 0.25) is 0 Å². The van der Waals surface area contributed by atoms with Gasteiger partial charge in [0.05, 0.1) is 5.71 Å². The van der Waals surface area contributed by atoms with Crippen molar-refractivity contribution in [1.29, 1.82) is 0 Å². The molecule has 1 fully saturated rings. The number of quaternary nitrogens is 1. The number of likely N-dealkylation sites (tertiary alicyclic amines) is 1. The molecule has 0 aromatic carbocycles. The van der Waals surface area contributed by atoms with E-state index in [1.54, 1.807) is 0 Å². The van der Waals surface area contributed by atoms with Crippen molar-refractivity contribution < 1.29 is 9.58 Å². The largest absolute Gasteiger partial charge is 0.199 e. The minimum absolute atomic E-state index is 0.658. The maximum atomic E-state index is 5.46. The van der Waals surface area contributed by atoms with Gasteiger partial charge in [-0.05, 0) is 25.4 Å². The van der Waals surface area contributed by atoms with Gasteiger partial charge >= 0.3 is 0 Å². The third-order valence-corrected chi connectivity index (χ3v) is 2.18. The molecule has 0 atom stereocenters. The lowest BCUT2D eigenvalue weighted by Crippen LogP contribution is -2.46. The Balaban J connectivity index is 2.41. The van der Waals surface area contributed by atoms with Crippen LogP contribution in [0.2, 0.25) is 0 Å². The molecular formula is C9H19N2O+. The minimum Gasteiger partial charge on any atom is -0.199 e. The second-order valence-electron chi connectivity index (χ2n) is 3.92. The highest BCUT2D eigenvalue weighted by Gasteiger charge is 2.27. The summed E-state index contributed by atoms with van der Waals surface area (Å²) in [5, 5.41) is 4.01. The van der Waals surface area contributed by atoms with E-state index in [-0.39, 0.29) is 0 Å². The van der Waals surface area contributed by atoms with Crippen LogP contribution in [-0.2, 0) is 4.94 Å². The summed E-state index contributed by atoms with van der Waals surface area (Å²) in [4.78, 5) is 5.46. The predicted molar refractivity (Wildman–Crippen MR) is 49.6 cm³/mol. The lowest BCUT2D eigenvalue weighted by Gasteiger charge is -2.31. The molecule has 0 saturated carbocycles. The van der Waals surface area contributed by atoms with Crippen LogP contribution in [0.4, 0.5) is 0 Å². The fourth-order valence-corrected chi connectivity index (χ4v) is 1.44. The van der Waals surface area contributed by atoms with Crippen LogP contribution in [0.15, 0.2) is 5.16 Å². The van der Waals surface area contributed by atoms with Gasteiger partial charge in [-0.25, -0.2) is 0 Å². The number of oxime groups is 1. The van der Waals surface area contributed by atoms with Crippen LogP contribution < -0.4 is 0 Å². The van der Waals surface area contributed by atoms with E-state index in [1.165, 1.54) is 19.3 Å². The van der Waals surface area contributed by atoms with E-state index >= 15 is 0 Å². The van der Waals surface area contributed by atoms with Gasteiger partial charge in [-0.3, -0.25) is 0 Å². The molecule has 1 heterocycles. The molecule has 0 bridgehead atoms. The van der Waals surface area contributed by atoms with Crippen molar-refractivity contribution in [2.45, 2.75) is 33.1 Å². The molecule has 3 nitrogen and oxygen atoms in total. The Morgan fingerprint density at radius 1 is 1.17 bits per heavy atom. The predicted octanol–water partition coefficient (Wildman–Crippen LogP) is 1.94. The average Bonchev–Trinajstić information content (AvgIpc) is 2.03. The fraction of sp³-hybridized carbons (Fsp3) is 0.889. The van der Waals surface area contributed by atoms with Gasteiger partial charge in [0.15, 0.2) is 0 Å². The number of hydrogen-bond donors (Lipinski definition) is 0. The topological polar surface area (TPSA) is 21.6 Å². The highest BCUT2D eigenvalue weighted by atomic mass is 16.8. The minimum atomic E-state index is 0.658. The van der Waals surface area contributed by atoms with E-state index in [4.69, 9.17) is 4.94 Å². The molecule has 1 saturated heterocycles. The van der Waals surface area contributed by atoms with Gasteiger partial charge in [0, 0.05) is 12.8 Å². The summed E-state index contributed by atoms with van der Waals surface area (Å²) in [5.41, 5.74) is 0.986. The Morgan fingerprint density at radius 3 is 2.25 bits per heavy atom. The lowest BCUT2D eigenvalue weighted by molar-refractivity contribution is -1.10. The smallest absolute Gasteiger partial charge is 0.120 e. The van der Waals surface area contributed by atoms with Crippen molar-refractivity contribution in [3.05, 3.63) is 0 Å². The van der Waals surface area contributed by atoms with E-state index in [1.807, 2.05) is 13.8 Å². The molecule has 0 amide bonds. The maximum Gasteiger partial charge on any atom is 0.120 e. The van der Waals surface area contributed by atoms with Gasteiger partial charge in [-0.1, -0.05) is 0 Å². The van der Waals surface area contributed by atoms with Crippen molar-refractivity contribution in [3.63, 3.8) is 0 Å². The quantitative estimate of drug-likeness (QED) is 0.353. The van der Waals surface area contributed by atoms with Gasteiger partial charge in [-0.2, -0.15) is 4.94 Å². The first-order valence-corrected chi connectivity index (χ1v) is 4.67. The monoisotopic (exact) mass is 171 g/mol. The SMILES string of the molecule is CC(C)=NO[N+]1(C)CCCCC1. The second-order valence-corrected chi connectivity index (χ2v) is 3.92. The van der Waals surface area contributed by atoms with Crippen LogP contribution in [0.25, 0.3) is 0 Å². The standard InChI is InChI=1S/C9H19N2O/c1-9(2)10-12-11(3)7-5-4-6-8-11/h4-8H2,1-3H3/q+1. The van der Waals surface area contributed by atoms with Crippen molar-refractivity contribution in [1.82, 2.24) is 0 Å². The molecule has 0 aromatic rings.